The van der Waals surface area contributed by atoms with Crippen LogP contribution in [0.5, 0.6) is 17.2 Å². The van der Waals surface area contributed by atoms with Crippen molar-refractivity contribution in [2.75, 3.05) is 18.6 Å². The van der Waals surface area contributed by atoms with Gasteiger partial charge in [0.05, 0.1) is 25.3 Å². The maximum absolute atomic E-state index is 13.2. The van der Waals surface area contributed by atoms with E-state index in [4.69, 9.17) is 9.47 Å². The Morgan fingerprint density at radius 3 is 2.58 bits per heavy atom. The molecular formula is C26H21NO6. The Bertz CT molecular complexity index is 1290. The van der Waals surface area contributed by atoms with Crippen molar-refractivity contribution in [2.24, 2.45) is 0 Å². The van der Waals surface area contributed by atoms with E-state index < -0.39 is 17.7 Å². The summed E-state index contributed by atoms with van der Waals surface area (Å²) in [5.41, 5.74) is 2.28. The molecular weight excluding hydrogens is 422 g/mol. The number of phenolic OH excluding ortho intramolecular Hbond substituents is 1. The number of amides is 1. The summed E-state index contributed by atoms with van der Waals surface area (Å²) in [6, 6.07) is 17.3. The number of carbonyl (C=O) groups excluding carboxylic acids is 2. The molecule has 33 heavy (non-hydrogen) atoms. The number of anilines is 1. The van der Waals surface area contributed by atoms with E-state index in [9.17, 15) is 19.8 Å². The Morgan fingerprint density at radius 1 is 1.06 bits per heavy atom. The number of ether oxygens (including phenoxy) is 2. The number of rotatable bonds is 4. The van der Waals surface area contributed by atoms with Crippen LogP contribution in [0.25, 0.3) is 5.76 Å². The zero-order valence-electron chi connectivity index (χ0n) is 17.8. The highest BCUT2D eigenvalue weighted by Gasteiger charge is 2.47. The molecule has 2 aliphatic heterocycles. The number of benzene rings is 3. The van der Waals surface area contributed by atoms with Crippen molar-refractivity contribution in [1.82, 2.24) is 0 Å². The third-order valence-electron chi connectivity index (χ3n) is 5.94. The van der Waals surface area contributed by atoms with Crippen LogP contribution in [0.4, 0.5) is 5.69 Å². The third kappa shape index (κ3) is 3.47. The molecule has 3 aromatic carbocycles. The highest BCUT2D eigenvalue weighted by atomic mass is 16.5. The van der Waals surface area contributed by atoms with Gasteiger partial charge in [0.2, 0.25) is 0 Å². The molecule has 0 spiro atoms. The molecule has 2 N–H and O–H groups in total. The van der Waals surface area contributed by atoms with Crippen LogP contribution in [0.2, 0.25) is 0 Å². The molecule has 0 aliphatic carbocycles. The number of Topliss-reactive ketones (excluding diaryl/α,β-unsaturated/α-hetero) is 1. The summed E-state index contributed by atoms with van der Waals surface area (Å²) in [5.74, 6) is -0.498. The molecule has 2 aliphatic rings. The van der Waals surface area contributed by atoms with E-state index in [0.29, 0.717) is 35.6 Å². The summed E-state index contributed by atoms with van der Waals surface area (Å²) in [6.07, 6.45) is 0.701. The van der Waals surface area contributed by atoms with Gasteiger partial charge in [-0.25, -0.2) is 0 Å². The molecule has 0 aromatic heterocycles. The first-order valence-corrected chi connectivity index (χ1v) is 10.5. The van der Waals surface area contributed by atoms with Crippen molar-refractivity contribution in [3.05, 3.63) is 89.0 Å². The molecule has 2 heterocycles. The highest BCUT2D eigenvalue weighted by molar-refractivity contribution is 6.51. The van der Waals surface area contributed by atoms with Gasteiger partial charge in [0.1, 0.15) is 23.0 Å². The molecule has 1 saturated heterocycles. The van der Waals surface area contributed by atoms with E-state index in [1.165, 1.54) is 24.1 Å². The van der Waals surface area contributed by atoms with Gasteiger partial charge in [0, 0.05) is 17.7 Å². The van der Waals surface area contributed by atoms with Crippen molar-refractivity contribution in [1.29, 1.82) is 0 Å². The fraction of sp³-hybridized carbons (Fsp3) is 0.154. The number of hydrogen-bond donors (Lipinski definition) is 2. The second-order valence-corrected chi connectivity index (χ2v) is 7.88. The third-order valence-corrected chi connectivity index (χ3v) is 5.94. The van der Waals surface area contributed by atoms with Crippen molar-refractivity contribution in [3.8, 4) is 17.2 Å². The largest absolute Gasteiger partial charge is 0.508 e. The summed E-state index contributed by atoms with van der Waals surface area (Å²) in [7, 11) is 1.54. The normalized spacial score (nSPS) is 18.8. The molecule has 1 amide bonds. The van der Waals surface area contributed by atoms with Gasteiger partial charge in [-0.3, -0.25) is 14.5 Å². The summed E-state index contributed by atoms with van der Waals surface area (Å²) >= 11 is 0. The van der Waals surface area contributed by atoms with Gasteiger partial charge in [-0.05, 0) is 65.7 Å². The fourth-order valence-electron chi connectivity index (χ4n) is 4.34. The molecule has 0 saturated carbocycles. The Balaban J connectivity index is 1.69. The molecule has 166 valence electrons. The molecule has 3 aromatic rings. The summed E-state index contributed by atoms with van der Waals surface area (Å²) < 4.78 is 10.7. The predicted octanol–water partition coefficient (Wildman–Crippen LogP) is 3.96. The van der Waals surface area contributed by atoms with Gasteiger partial charge in [0.25, 0.3) is 11.7 Å². The number of fused-ring (bicyclic) bond motifs is 1. The fourth-order valence-corrected chi connectivity index (χ4v) is 4.34. The van der Waals surface area contributed by atoms with Gasteiger partial charge in [0.15, 0.2) is 0 Å². The van der Waals surface area contributed by atoms with Gasteiger partial charge in [-0.2, -0.15) is 0 Å². The second kappa shape index (κ2) is 8.02. The van der Waals surface area contributed by atoms with E-state index in [1.807, 2.05) is 0 Å². The minimum absolute atomic E-state index is 0.0116. The number of carbonyl (C=O) groups is 2. The lowest BCUT2D eigenvalue weighted by Gasteiger charge is -2.25. The average Bonchev–Trinajstić information content (AvgIpc) is 3.41. The monoisotopic (exact) mass is 443 g/mol. The number of hydrogen-bond acceptors (Lipinski definition) is 6. The van der Waals surface area contributed by atoms with Crippen LogP contribution in [0, 0.1) is 0 Å². The Labute approximate surface area is 190 Å². The van der Waals surface area contributed by atoms with Gasteiger partial charge < -0.3 is 19.7 Å². The van der Waals surface area contributed by atoms with Gasteiger partial charge in [-0.15, -0.1) is 0 Å². The molecule has 1 atom stereocenters. The molecule has 1 fully saturated rings. The lowest BCUT2D eigenvalue weighted by atomic mass is 9.94. The number of aliphatic hydroxyl groups is 1. The van der Waals surface area contributed by atoms with Crippen LogP contribution in [0.1, 0.15) is 22.7 Å². The molecule has 5 rings (SSSR count). The summed E-state index contributed by atoms with van der Waals surface area (Å²) in [4.78, 5) is 27.7. The van der Waals surface area contributed by atoms with Crippen LogP contribution in [0.15, 0.2) is 72.3 Å². The van der Waals surface area contributed by atoms with Crippen LogP contribution < -0.4 is 14.4 Å². The van der Waals surface area contributed by atoms with E-state index in [0.717, 1.165) is 11.3 Å². The van der Waals surface area contributed by atoms with Crippen molar-refractivity contribution >= 4 is 23.1 Å². The smallest absolute Gasteiger partial charge is 0.300 e. The predicted molar refractivity (Wildman–Crippen MR) is 122 cm³/mol. The quantitative estimate of drug-likeness (QED) is 0.360. The van der Waals surface area contributed by atoms with Crippen molar-refractivity contribution in [3.63, 3.8) is 0 Å². The number of methoxy groups -OCH3 is 1. The first-order chi connectivity index (χ1) is 16.0. The standard InChI is InChI=1S/C26H21NO6/c1-32-20-8-6-18(7-9-20)27-23(16-3-2-4-19(28)14-16)22(25(30)26(27)31)24(29)17-5-10-21-15(13-17)11-12-33-21/h2-10,13-14,23,28-29H,11-12H2,1H3/b24-22-. The Kier molecular flexibility index (Phi) is 5.01. The lowest BCUT2D eigenvalue weighted by molar-refractivity contribution is -0.132. The van der Waals surface area contributed by atoms with Crippen LogP contribution in [0.3, 0.4) is 0 Å². The van der Waals surface area contributed by atoms with E-state index >= 15 is 0 Å². The number of ketones is 1. The summed E-state index contributed by atoms with van der Waals surface area (Å²) in [5, 5.41) is 21.3. The zero-order valence-corrected chi connectivity index (χ0v) is 17.8. The Hall–Kier alpha value is -4.26. The molecule has 7 heteroatoms. The van der Waals surface area contributed by atoms with Crippen LogP contribution in [-0.2, 0) is 16.0 Å². The van der Waals surface area contributed by atoms with Crippen LogP contribution >= 0.6 is 0 Å². The number of aromatic hydroxyl groups is 1. The average molecular weight is 443 g/mol. The van der Waals surface area contributed by atoms with Crippen molar-refractivity contribution in [2.45, 2.75) is 12.5 Å². The molecule has 7 nitrogen and oxygen atoms in total. The minimum atomic E-state index is -0.921. The number of nitrogens with zero attached hydrogens (tertiary/aromatic N) is 1. The number of phenols is 1. The zero-order chi connectivity index (χ0) is 23.1. The number of aliphatic hydroxyl groups excluding tert-OH is 1. The Morgan fingerprint density at radius 2 is 1.85 bits per heavy atom. The lowest BCUT2D eigenvalue weighted by Crippen LogP contribution is -2.29. The minimum Gasteiger partial charge on any atom is -0.508 e. The highest BCUT2D eigenvalue weighted by Crippen LogP contribution is 2.43. The molecule has 0 bridgehead atoms. The first kappa shape index (κ1) is 20.6. The maximum atomic E-state index is 13.2. The van der Waals surface area contributed by atoms with E-state index in [2.05, 4.69) is 0 Å². The van der Waals surface area contributed by atoms with Gasteiger partial charge in [-0.1, -0.05) is 12.1 Å². The van der Waals surface area contributed by atoms with E-state index in [-0.39, 0.29) is 17.1 Å². The maximum Gasteiger partial charge on any atom is 0.300 e. The first-order valence-electron chi connectivity index (χ1n) is 10.5. The van der Waals surface area contributed by atoms with E-state index in [1.54, 1.807) is 54.6 Å². The van der Waals surface area contributed by atoms with Gasteiger partial charge >= 0.3 is 0 Å². The molecule has 0 radical (unpaired) electrons. The summed E-state index contributed by atoms with van der Waals surface area (Å²) in [6.45, 7) is 0.560. The second-order valence-electron chi connectivity index (χ2n) is 7.88. The SMILES string of the molecule is COc1ccc(N2C(=O)C(=O)/C(=C(\O)c3ccc4c(c3)CCO4)C2c2cccc(O)c2)cc1. The molecule has 1 unspecified atom stereocenters. The van der Waals surface area contributed by atoms with Crippen molar-refractivity contribution < 1.29 is 29.3 Å². The van der Waals surface area contributed by atoms with Crippen LogP contribution in [-0.4, -0.2) is 35.6 Å². The topological polar surface area (TPSA) is 96.3 Å².